The third-order valence-corrected chi connectivity index (χ3v) is 6.33. The molecule has 0 bridgehead atoms. The molecule has 2 aromatic carbocycles. The number of amides is 1. The largest absolute Gasteiger partial charge is 0.378 e. The molecule has 1 aliphatic rings. The molecule has 0 atom stereocenters. The van der Waals surface area contributed by atoms with E-state index in [2.05, 4.69) is 21.8 Å². The third kappa shape index (κ3) is 4.05. The van der Waals surface area contributed by atoms with Crippen LogP contribution in [0.4, 0.5) is 0 Å². The maximum atomic E-state index is 12.7. The Labute approximate surface area is 202 Å². The number of carbonyl (C=O) groups excluding carboxylic acids is 1. The topological polar surface area (TPSA) is 64.7 Å². The first-order valence-electron chi connectivity index (χ1n) is 11.5. The Hall–Kier alpha value is -4.41. The van der Waals surface area contributed by atoms with Crippen LogP contribution in [0.1, 0.15) is 21.6 Å². The molecule has 0 unspecified atom stereocenters. The van der Waals surface area contributed by atoms with Crippen LogP contribution in [-0.2, 0) is 11.8 Å². The summed E-state index contributed by atoms with van der Waals surface area (Å²) in [4.78, 5) is 23.4. The fraction of sp³-hybridized carbons (Fsp3) is 0.179. The van der Waals surface area contributed by atoms with Crippen LogP contribution in [0.2, 0.25) is 0 Å². The van der Waals surface area contributed by atoms with Gasteiger partial charge in [-0.15, -0.1) is 0 Å². The number of fused-ring (bicyclic) bond motifs is 2. The zero-order chi connectivity index (χ0) is 23.8. The maximum absolute atomic E-state index is 12.7. The molecule has 7 heteroatoms. The predicted molar refractivity (Wildman–Crippen MR) is 134 cm³/mol. The third-order valence-electron chi connectivity index (χ3n) is 6.33. The number of rotatable bonds is 2. The second-order valence-electron chi connectivity index (χ2n) is 8.58. The van der Waals surface area contributed by atoms with Gasteiger partial charge in [0.15, 0.2) is 0 Å². The Bertz CT molecular complexity index is 1610. The molecule has 4 heterocycles. The molecule has 1 amide bonds. The van der Waals surface area contributed by atoms with Crippen LogP contribution in [0, 0.1) is 11.8 Å². The normalized spacial score (nSPS) is 13.7. The summed E-state index contributed by atoms with van der Waals surface area (Å²) in [6.45, 7) is 2.46. The summed E-state index contributed by atoms with van der Waals surface area (Å²) in [6, 6.07) is 17.8. The lowest BCUT2D eigenvalue weighted by Gasteiger charge is -2.26. The number of imidazole rings is 2. The van der Waals surface area contributed by atoms with Crippen molar-refractivity contribution in [2.75, 3.05) is 26.3 Å². The van der Waals surface area contributed by atoms with Crippen molar-refractivity contribution in [1.82, 2.24) is 23.8 Å². The van der Waals surface area contributed by atoms with Crippen molar-refractivity contribution < 1.29 is 9.53 Å². The van der Waals surface area contributed by atoms with Crippen LogP contribution >= 0.6 is 0 Å². The summed E-state index contributed by atoms with van der Waals surface area (Å²) >= 11 is 0. The van der Waals surface area contributed by atoms with Gasteiger partial charge < -0.3 is 14.2 Å². The highest BCUT2D eigenvalue weighted by Crippen LogP contribution is 2.22. The molecule has 0 spiro atoms. The van der Waals surface area contributed by atoms with Gasteiger partial charge in [-0.1, -0.05) is 18.1 Å². The van der Waals surface area contributed by atoms with Crippen molar-refractivity contribution in [3.05, 3.63) is 90.1 Å². The van der Waals surface area contributed by atoms with Crippen molar-refractivity contribution in [1.29, 1.82) is 0 Å². The Kier molecular flexibility index (Phi) is 5.28. The molecule has 0 N–H and O–H groups in total. The number of pyridine rings is 1. The van der Waals surface area contributed by atoms with E-state index in [1.165, 1.54) is 0 Å². The van der Waals surface area contributed by atoms with E-state index >= 15 is 0 Å². The Morgan fingerprint density at radius 2 is 1.74 bits per heavy atom. The van der Waals surface area contributed by atoms with Gasteiger partial charge in [0, 0.05) is 37.5 Å². The summed E-state index contributed by atoms with van der Waals surface area (Å²) in [5, 5.41) is 0. The van der Waals surface area contributed by atoms with Gasteiger partial charge >= 0.3 is 0 Å². The van der Waals surface area contributed by atoms with Gasteiger partial charge in [-0.2, -0.15) is 0 Å². The monoisotopic (exact) mass is 461 g/mol. The van der Waals surface area contributed by atoms with E-state index in [9.17, 15) is 4.79 Å². The average Bonchev–Trinajstić information content (AvgIpc) is 3.50. The molecule has 1 fully saturated rings. The van der Waals surface area contributed by atoms with E-state index in [1.54, 1.807) is 12.5 Å². The van der Waals surface area contributed by atoms with Crippen molar-refractivity contribution in [2.24, 2.45) is 7.05 Å². The number of ether oxygens (including phenoxy) is 1. The molecule has 7 nitrogen and oxygen atoms in total. The van der Waals surface area contributed by atoms with Gasteiger partial charge in [-0.25, -0.2) is 9.97 Å². The molecule has 0 aliphatic carbocycles. The minimum absolute atomic E-state index is 0.0479. The SMILES string of the molecule is Cn1cnc2ccc(C#Cc3cnc4ccc(-c5ccc(C(=O)N6CCOCC6)cc5)cn34)cc21. The lowest BCUT2D eigenvalue weighted by molar-refractivity contribution is 0.0303. The summed E-state index contributed by atoms with van der Waals surface area (Å²) in [5.41, 5.74) is 7.32. The van der Waals surface area contributed by atoms with E-state index in [0.29, 0.717) is 31.9 Å². The van der Waals surface area contributed by atoms with Crippen LogP contribution < -0.4 is 0 Å². The Morgan fingerprint density at radius 1 is 0.943 bits per heavy atom. The highest BCUT2D eigenvalue weighted by Gasteiger charge is 2.18. The minimum atomic E-state index is 0.0479. The number of morpholine rings is 1. The van der Waals surface area contributed by atoms with E-state index in [4.69, 9.17) is 4.74 Å². The van der Waals surface area contributed by atoms with Gasteiger partial charge in [0.05, 0.1) is 36.8 Å². The van der Waals surface area contributed by atoms with Crippen LogP contribution in [0.25, 0.3) is 27.8 Å². The molecule has 3 aromatic heterocycles. The van der Waals surface area contributed by atoms with E-state index in [1.807, 2.05) is 81.7 Å². The van der Waals surface area contributed by atoms with E-state index in [0.717, 1.165) is 39.1 Å². The van der Waals surface area contributed by atoms with Crippen molar-refractivity contribution in [2.45, 2.75) is 0 Å². The van der Waals surface area contributed by atoms with Crippen LogP contribution in [0.3, 0.4) is 0 Å². The number of aromatic nitrogens is 4. The zero-order valence-electron chi connectivity index (χ0n) is 19.3. The smallest absolute Gasteiger partial charge is 0.254 e. The van der Waals surface area contributed by atoms with E-state index in [-0.39, 0.29) is 5.91 Å². The summed E-state index contributed by atoms with van der Waals surface area (Å²) in [7, 11) is 1.98. The standard InChI is InChI=1S/C28H23N5O2/c1-31-19-30-25-10-3-20(16-26(25)31)2-9-24-17-29-27-11-8-23(18-33(24)27)21-4-6-22(7-5-21)28(34)32-12-14-35-15-13-32/h3-8,10-11,16-19H,12-15H2,1H3. The van der Waals surface area contributed by atoms with Gasteiger partial charge in [-0.3, -0.25) is 9.20 Å². The van der Waals surface area contributed by atoms with Gasteiger partial charge in [-0.05, 0) is 59.5 Å². The van der Waals surface area contributed by atoms with Crippen molar-refractivity contribution >= 4 is 22.6 Å². The number of benzene rings is 2. The number of carbonyl (C=O) groups is 1. The second kappa shape index (κ2) is 8.75. The van der Waals surface area contributed by atoms with E-state index < -0.39 is 0 Å². The lowest BCUT2D eigenvalue weighted by Crippen LogP contribution is -2.40. The first-order valence-corrected chi connectivity index (χ1v) is 11.5. The van der Waals surface area contributed by atoms with Crippen molar-refractivity contribution in [3.63, 3.8) is 0 Å². The molecule has 0 saturated carbocycles. The molecule has 1 aliphatic heterocycles. The van der Waals surface area contributed by atoms with Crippen LogP contribution in [0.15, 0.2) is 73.3 Å². The lowest BCUT2D eigenvalue weighted by atomic mass is 10.0. The zero-order valence-corrected chi connectivity index (χ0v) is 19.3. The Morgan fingerprint density at radius 3 is 2.57 bits per heavy atom. The first kappa shape index (κ1) is 21.1. The van der Waals surface area contributed by atoms with Crippen LogP contribution in [-0.4, -0.2) is 56.0 Å². The molecule has 172 valence electrons. The minimum Gasteiger partial charge on any atom is -0.378 e. The number of hydrogen-bond acceptors (Lipinski definition) is 4. The molecule has 6 rings (SSSR count). The van der Waals surface area contributed by atoms with Gasteiger partial charge in [0.2, 0.25) is 0 Å². The highest BCUT2D eigenvalue weighted by atomic mass is 16.5. The fourth-order valence-electron chi connectivity index (χ4n) is 4.34. The molecule has 0 radical (unpaired) electrons. The maximum Gasteiger partial charge on any atom is 0.254 e. The molecular weight excluding hydrogens is 438 g/mol. The first-order chi connectivity index (χ1) is 17.2. The molecule has 1 saturated heterocycles. The number of nitrogens with zero attached hydrogens (tertiary/aromatic N) is 5. The van der Waals surface area contributed by atoms with Crippen molar-refractivity contribution in [3.8, 4) is 23.0 Å². The quantitative estimate of drug-likeness (QED) is 0.376. The number of aryl methyl sites for hydroxylation is 1. The Balaban J connectivity index is 1.28. The number of hydrogen-bond donors (Lipinski definition) is 0. The highest BCUT2D eigenvalue weighted by molar-refractivity contribution is 5.94. The summed E-state index contributed by atoms with van der Waals surface area (Å²) in [6.07, 6.45) is 5.63. The fourth-order valence-corrected chi connectivity index (χ4v) is 4.34. The molecule has 35 heavy (non-hydrogen) atoms. The predicted octanol–water partition coefficient (Wildman–Crippen LogP) is 3.76. The van der Waals surface area contributed by atoms with Gasteiger partial charge in [0.1, 0.15) is 11.3 Å². The summed E-state index contributed by atoms with van der Waals surface area (Å²) in [5.74, 6) is 6.56. The van der Waals surface area contributed by atoms with Gasteiger partial charge in [0.25, 0.3) is 5.91 Å². The summed E-state index contributed by atoms with van der Waals surface area (Å²) < 4.78 is 9.33. The molecule has 5 aromatic rings. The second-order valence-corrected chi connectivity index (χ2v) is 8.58. The molecular formula is C28H23N5O2. The average molecular weight is 462 g/mol. The van der Waals surface area contributed by atoms with Crippen LogP contribution in [0.5, 0.6) is 0 Å².